The van der Waals surface area contributed by atoms with Gasteiger partial charge in [-0.25, -0.2) is 8.42 Å². The normalized spacial score (nSPS) is 25.8. The van der Waals surface area contributed by atoms with Gasteiger partial charge in [-0.05, 0) is 32.8 Å². The number of para-hydroxylation sites is 1. The fourth-order valence-corrected chi connectivity index (χ4v) is 6.78. The molecular formula is C20H28N2O4S. The van der Waals surface area contributed by atoms with Gasteiger partial charge in [-0.15, -0.1) is 0 Å². The number of nitrogens with zero attached hydrogens (tertiary/aromatic N) is 2. The SMILES string of the molecule is CCOC1CC(O)C12CCN(S(=O)(=O)c1c(C)n(C)c3ccccc13)CC2. The van der Waals surface area contributed by atoms with Gasteiger partial charge in [0.2, 0.25) is 10.0 Å². The van der Waals surface area contributed by atoms with Gasteiger partial charge in [-0.2, -0.15) is 4.31 Å². The van der Waals surface area contributed by atoms with Crippen LogP contribution in [0.5, 0.6) is 0 Å². The molecule has 1 aromatic heterocycles. The van der Waals surface area contributed by atoms with Crippen LogP contribution in [0, 0.1) is 12.3 Å². The molecule has 27 heavy (non-hydrogen) atoms. The maximum absolute atomic E-state index is 13.5. The highest BCUT2D eigenvalue weighted by Gasteiger charge is 2.57. The molecule has 7 heteroatoms. The van der Waals surface area contributed by atoms with Gasteiger partial charge in [0.25, 0.3) is 0 Å². The van der Waals surface area contributed by atoms with Gasteiger partial charge < -0.3 is 14.4 Å². The Balaban J connectivity index is 1.63. The number of hydrogen-bond donors (Lipinski definition) is 1. The first kappa shape index (κ1) is 18.9. The van der Waals surface area contributed by atoms with Crippen molar-refractivity contribution in [3.63, 3.8) is 0 Å². The molecule has 148 valence electrons. The number of aliphatic hydroxyl groups excluding tert-OH is 1. The molecule has 1 aliphatic carbocycles. The standard InChI is InChI=1S/C20H28N2O4S/c1-4-26-18-13-17(23)20(18)9-11-22(12-10-20)27(24,25)19-14(2)21(3)16-8-6-5-7-15(16)19/h5-8,17-18,23H,4,9-13H2,1-3H3. The summed E-state index contributed by atoms with van der Waals surface area (Å²) in [7, 11) is -1.69. The average molecular weight is 393 g/mol. The summed E-state index contributed by atoms with van der Waals surface area (Å²) in [6.07, 6.45) is 1.59. The minimum atomic E-state index is -3.59. The molecule has 0 bridgehead atoms. The van der Waals surface area contributed by atoms with Crippen LogP contribution < -0.4 is 0 Å². The van der Waals surface area contributed by atoms with Crippen molar-refractivity contribution in [1.82, 2.24) is 8.87 Å². The zero-order chi connectivity index (χ0) is 19.4. The molecule has 1 aliphatic heterocycles. The minimum absolute atomic E-state index is 0.0432. The van der Waals surface area contributed by atoms with Crippen molar-refractivity contribution >= 4 is 20.9 Å². The molecule has 2 atom stereocenters. The van der Waals surface area contributed by atoms with Crippen LogP contribution in [0.4, 0.5) is 0 Å². The Labute approximate surface area is 160 Å². The van der Waals surface area contributed by atoms with Crippen LogP contribution in [-0.4, -0.2) is 54.3 Å². The summed E-state index contributed by atoms with van der Waals surface area (Å²) >= 11 is 0. The molecule has 0 radical (unpaired) electrons. The molecule has 1 aromatic carbocycles. The molecule has 1 saturated carbocycles. The van der Waals surface area contributed by atoms with Gasteiger partial charge >= 0.3 is 0 Å². The fraction of sp³-hybridized carbons (Fsp3) is 0.600. The first-order valence-corrected chi connectivity index (χ1v) is 11.1. The van der Waals surface area contributed by atoms with Crippen LogP contribution in [0.3, 0.4) is 0 Å². The van der Waals surface area contributed by atoms with Crippen molar-refractivity contribution in [3.8, 4) is 0 Å². The highest BCUT2D eigenvalue weighted by Crippen LogP contribution is 2.51. The van der Waals surface area contributed by atoms with E-state index in [-0.39, 0.29) is 11.5 Å². The summed E-state index contributed by atoms with van der Waals surface area (Å²) in [6, 6.07) is 7.63. The number of benzene rings is 1. The predicted molar refractivity (Wildman–Crippen MR) is 104 cm³/mol. The molecule has 1 N–H and O–H groups in total. The molecule has 2 aromatic rings. The summed E-state index contributed by atoms with van der Waals surface area (Å²) in [5, 5.41) is 11.1. The van der Waals surface area contributed by atoms with Crippen LogP contribution in [0.1, 0.15) is 31.9 Å². The summed E-state index contributed by atoms with van der Waals surface area (Å²) < 4.78 is 36.2. The molecule has 4 rings (SSSR count). The number of ether oxygens (including phenoxy) is 1. The smallest absolute Gasteiger partial charge is 0.245 e. The lowest BCUT2D eigenvalue weighted by atomic mass is 9.58. The monoisotopic (exact) mass is 392 g/mol. The largest absolute Gasteiger partial charge is 0.392 e. The number of hydrogen-bond acceptors (Lipinski definition) is 4. The van der Waals surface area contributed by atoms with E-state index in [9.17, 15) is 13.5 Å². The number of aryl methyl sites for hydroxylation is 1. The number of rotatable bonds is 4. The van der Waals surface area contributed by atoms with Gasteiger partial charge in [0.1, 0.15) is 4.90 Å². The number of aliphatic hydroxyl groups is 1. The molecule has 1 saturated heterocycles. The van der Waals surface area contributed by atoms with Gasteiger partial charge in [0.05, 0.1) is 12.2 Å². The second kappa shape index (κ2) is 6.58. The zero-order valence-electron chi connectivity index (χ0n) is 16.2. The molecule has 0 amide bonds. The summed E-state index contributed by atoms with van der Waals surface area (Å²) in [5.41, 5.74) is 1.40. The van der Waals surface area contributed by atoms with Gasteiger partial charge in [-0.3, -0.25) is 0 Å². The third-order valence-electron chi connectivity index (χ3n) is 6.70. The lowest BCUT2D eigenvalue weighted by Gasteiger charge is -2.56. The lowest BCUT2D eigenvalue weighted by Crippen LogP contribution is -2.62. The Hall–Kier alpha value is -1.41. The van der Waals surface area contributed by atoms with E-state index in [1.54, 1.807) is 4.31 Å². The molecule has 2 aliphatic rings. The van der Waals surface area contributed by atoms with Crippen molar-refractivity contribution in [3.05, 3.63) is 30.0 Å². The Morgan fingerprint density at radius 1 is 1.26 bits per heavy atom. The first-order valence-electron chi connectivity index (χ1n) is 9.66. The highest BCUT2D eigenvalue weighted by atomic mass is 32.2. The summed E-state index contributed by atoms with van der Waals surface area (Å²) in [5.74, 6) is 0. The van der Waals surface area contributed by atoms with Crippen molar-refractivity contribution in [2.75, 3.05) is 19.7 Å². The Morgan fingerprint density at radius 2 is 1.93 bits per heavy atom. The van der Waals surface area contributed by atoms with Crippen LogP contribution >= 0.6 is 0 Å². The second-order valence-corrected chi connectivity index (χ2v) is 9.70. The minimum Gasteiger partial charge on any atom is -0.392 e. The molecular weight excluding hydrogens is 364 g/mol. The van der Waals surface area contributed by atoms with E-state index in [2.05, 4.69) is 0 Å². The third-order valence-corrected chi connectivity index (χ3v) is 8.78. The Kier molecular flexibility index (Phi) is 4.62. The second-order valence-electron chi connectivity index (χ2n) is 7.82. The van der Waals surface area contributed by atoms with E-state index in [4.69, 9.17) is 4.74 Å². The van der Waals surface area contributed by atoms with Crippen LogP contribution in [-0.2, 0) is 21.8 Å². The summed E-state index contributed by atoms with van der Waals surface area (Å²) in [6.45, 7) is 5.29. The van der Waals surface area contributed by atoms with Crippen LogP contribution in [0.15, 0.2) is 29.2 Å². The zero-order valence-corrected chi connectivity index (χ0v) is 17.0. The first-order chi connectivity index (χ1) is 12.8. The maximum Gasteiger partial charge on any atom is 0.245 e. The van der Waals surface area contributed by atoms with E-state index >= 15 is 0 Å². The van der Waals surface area contributed by atoms with E-state index in [1.165, 1.54) is 0 Å². The quantitative estimate of drug-likeness (QED) is 0.867. The van der Waals surface area contributed by atoms with Crippen molar-refractivity contribution in [1.29, 1.82) is 0 Å². The lowest BCUT2D eigenvalue weighted by molar-refractivity contribution is -0.205. The topological polar surface area (TPSA) is 71.8 Å². The van der Waals surface area contributed by atoms with Gasteiger partial charge in [0, 0.05) is 55.2 Å². The van der Waals surface area contributed by atoms with Crippen molar-refractivity contribution < 1.29 is 18.3 Å². The third kappa shape index (κ3) is 2.67. The average Bonchev–Trinajstić information content (AvgIpc) is 2.93. The van der Waals surface area contributed by atoms with Gasteiger partial charge in [0.15, 0.2) is 0 Å². The molecule has 1 spiro atoms. The number of fused-ring (bicyclic) bond motifs is 1. The number of aromatic nitrogens is 1. The van der Waals surface area contributed by atoms with Gasteiger partial charge in [-0.1, -0.05) is 18.2 Å². The van der Waals surface area contributed by atoms with Crippen molar-refractivity contribution in [2.45, 2.75) is 50.2 Å². The molecule has 2 heterocycles. The number of piperidine rings is 1. The Bertz CT molecular complexity index is 956. The van der Waals surface area contributed by atoms with Crippen molar-refractivity contribution in [2.24, 2.45) is 12.5 Å². The van der Waals surface area contributed by atoms with E-state index < -0.39 is 16.1 Å². The Morgan fingerprint density at radius 3 is 2.56 bits per heavy atom. The highest BCUT2D eigenvalue weighted by molar-refractivity contribution is 7.89. The molecule has 6 nitrogen and oxygen atoms in total. The van der Waals surface area contributed by atoms with Crippen LogP contribution in [0.25, 0.3) is 10.9 Å². The maximum atomic E-state index is 13.5. The predicted octanol–water partition coefficient (Wildman–Crippen LogP) is 2.43. The molecule has 2 fully saturated rings. The van der Waals surface area contributed by atoms with E-state index in [1.807, 2.05) is 49.7 Å². The summed E-state index contributed by atoms with van der Waals surface area (Å²) in [4.78, 5) is 0.409. The fourth-order valence-electron chi connectivity index (χ4n) is 4.90. The number of sulfonamides is 1. The van der Waals surface area contributed by atoms with E-state index in [0.29, 0.717) is 43.9 Å². The van der Waals surface area contributed by atoms with Crippen LogP contribution in [0.2, 0.25) is 0 Å². The molecule has 2 unspecified atom stereocenters. The van der Waals surface area contributed by atoms with E-state index in [0.717, 1.165) is 16.6 Å².